The highest BCUT2D eigenvalue weighted by atomic mass is 32.1. The van der Waals surface area contributed by atoms with E-state index in [0.717, 1.165) is 38.4 Å². The van der Waals surface area contributed by atoms with Gasteiger partial charge in [0.25, 0.3) is 0 Å². The van der Waals surface area contributed by atoms with Crippen LogP contribution >= 0.6 is 11.3 Å². The number of nitrogens with zero attached hydrogens (tertiary/aromatic N) is 4. The van der Waals surface area contributed by atoms with Gasteiger partial charge < -0.3 is 10.2 Å². The number of hydrogen-bond acceptors (Lipinski definition) is 3. The highest BCUT2D eigenvalue weighted by molar-refractivity contribution is 7.11. The summed E-state index contributed by atoms with van der Waals surface area (Å²) < 4.78 is 1.88. The molecule has 1 aliphatic heterocycles. The van der Waals surface area contributed by atoms with Gasteiger partial charge >= 0.3 is 0 Å². The predicted octanol–water partition coefficient (Wildman–Crippen LogP) is 2.61. The summed E-state index contributed by atoms with van der Waals surface area (Å²) in [5.74, 6) is 1.55. The van der Waals surface area contributed by atoms with Crippen LogP contribution in [-0.2, 0) is 20.0 Å². The highest BCUT2D eigenvalue weighted by Gasteiger charge is 2.26. The second kappa shape index (κ2) is 7.17. The van der Waals surface area contributed by atoms with E-state index in [2.05, 4.69) is 45.6 Å². The molecule has 0 aromatic carbocycles. The van der Waals surface area contributed by atoms with Gasteiger partial charge in [0, 0.05) is 49.1 Å². The van der Waals surface area contributed by atoms with Crippen LogP contribution in [0.3, 0.4) is 0 Å². The van der Waals surface area contributed by atoms with Crippen molar-refractivity contribution in [1.29, 1.82) is 0 Å². The number of aromatic nitrogens is 2. The van der Waals surface area contributed by atoms with Crippen LogP contribution in [0.5, 0.6) is 0 Å². The Morgan fingerprint density at radius 3 is 2.91 bits per heavy atom. The number of aliphatic imine (C=N–C) groups is 1. The van der Waals surface area contributed by atoms with Crippen molar-refractivity contribution < 1.29 is 0 Å². The van der Waals surface area contributed by atoms with Gasteiger partial charge in [-0.05, 0) is 30.5 Å². The Morgan fingerprint density at radius 1 is 1.43 bits per heavy atom. The van der Waals surface area contributed by atoms with Gasteiger partial charge in [0.1, 0.15) is 0 Å². The van der Waals surface area contributed by atoms with E-state index in [9.17, 15) is 0 Å². The van der Waals surface area contributed by atoms with Gasteiger partial charge in [-0.2, -0.15) is 5.10 Å². The van der Waals surface area contributed by atoms with Gasteiger partial charge in [0.15, 0.2) is 5.96 Å². The first-order valence-corrected chi connectivity index (χ1v) is 9.03. The lowest BCUT2D eigenvalue weighted by Crippen LogP contribution is -2.39. The summed E-state index contributed by atoms with van der Waals surface area (Å²) in [6, 6.07) is 4.44. The summed E-state index contributed by atoms with van der Waals surface area (Å²) in [5.41, 5.74) is 1.33. The van der Waals surface area contributed by atoms with Gasteiger partial charge in [-0.3, -0.25) is 9.67 Å². The van der Waals surface area contributed by atoms with Crippen LogP contribution in [0.15, 0.2) is 29.5 Å². The molecule has 1 atom stereocenters. The summed E-state index contributed by atoms with van der Waals surface area (Å²) in [6.45, 7) is 5.11. The molecule has 0 spiro atoms. The van der Waals surface area contributed by atoms with E-state index in [1.165, 1.54) is 15.3 Å². The SMILES string of the molecule is CCc1ccc(CNC(=NC)N2CCC(c3cnn(C)c3)C2)s1. The Hall–Kier alpha value is -1.82. The monoisotopic (exact) mass is 331 g/mol. The summed E-state index contributed by atoms with van der Waals surface area (Å²) >= 11 is 1.88. The Balaban J connectivity index is 1.57. The third-order valence-corrected chi connectivity index (χ3v) is 5.61. The lowest BCUT2D eigenvalue weighted by Gasteiger charge is -2.21. The van der Waals surface area contributed by atoms with E-state index in [1.54, 1.807) is 0 Å². The Labute approximate surface area is 142 Å². The van der Waals surface area contributed by atoms with Crippen LogP contribution in [0.25, 0.3) is 0 Å². The number of likely N-dealkylation sites (tertiary alicyclic amines) is 1. The van der Waals surface area contributed by atoms with Gasteiger partial charge in [0.05, 0.1) is 12.7 Å². The minimum atomic E-state index is 0.552. The topological polar surface area (TPSA) is 45.5 Å². The molecule has 0 bridgehead atoms. The largest absolute Gasteiger partial charge is 0.351 e. The lowest BCUT2D eigenvalue weighted by molar-refractivity contribution is 0.486. The summed E-state index contributed by atoms with van der Waals surface area (Å²) in [7, 11) is 3.84. The highest BCUT2D eigenvalue weighted by Crippen LogP contribution is 2.26. The van der Waals surface area contributed by atoms with Crippen molar-refractivity contribution in [1.82, 2.24) is 20.0 Å². The van der Waals surface area contributed by atoms with Crippen LogP contribution in [0.2, 0.25) is 0 Å². The number of aryl methyl sites for hydroxylation is 2. The van der Waals surface area contributed by atoms with Crippen LogP contribution in [0.4, 0.5) is 0 Å². The Kier molecular flexibility index (Phi) is 5.00. The predicted molar refractivity (Wildman–Crippen MR) is 96.0 cm³/mol. The molecule has 0 amide bonds. The van der Waals surface area contributed by atoms with Crippen molar-refractivity contribution in [3.63, 3.8) is 0 Å². The Morgan fingerprint density at radius 2 is 2.26 bits per heavy atom. The van der Waals surface area contributed by atoms with E-state index < -0.39 is 0 Å². The molecule has 0 radical (unpaired) electrons. The van der Waals surface area contributed by atoms with E-state index in [-0.39, 0.29) is 0 Å². The summed E-state index contributed by atoms with van der Waals surface area (Å²) in [6.07, 6.45) is 6.38. The molecule has 1 saturated heterocycles. The van der Waals surface area contributed by atoms with Crippen molar-refractivity contribution in [3.8, 4) is 0 Å². The smallest absolute Gasteiger partial charge is 0.193 e. The zero-order valence-corrected chi connectivity index (χ0v) is 14.9. The number of nitrogens with one attached hydrogen (secondary N) is 1. The van der Waals surface area contributed by atoms with Crippen molar-refractivity contribution in [2.75, 3.05) is 20.1 Å². The van der Waals surface area contributed by atoms with E-state index in [0.29, 0.717) is 5.92 Å². The first kappa shape index (κ1) is 16.1. The molecule has 2 aromatic rings. The number of guanidine groups is 1. The number of hydrogen-bond donors (Lipinski definition) is 1. The molecule has 3 rings (SSSR count). The fourth-order valence-electron chi connectivity index (χ4n) is 3.08. The van der Waals surface area contributed by atoms with E-state index in [4.69, 9.17) is 0 Å². The normalized spacial score (nSPS) is 18.7. The molecule has 1 fully saturated rings. The minimum absolute atomic E-state index is 0.552. The molecule has 1 N–H and O–H groups in total. The van der Waals surface area contributed by atoms with Gasteiger partial charge in [-0.1, -0.05) is 6.92 Å². The maximum Gasteiger partial charge on any atom is 0.193 e. The zero-order valence-electron chi connectivity index (χ0n) is 14.1. The number of thiophene rings is 1. The fraction of sp³-hybridized carbons (Fsp3) is 0.529. The maximum absolute atomic E-state index is 4.46. The fourth-order valence-corrected chi connectivity index (χ4v) is 3.98. The quantitative estimate of drug-likeness (QED) is 0.692. The van der Waals surface area contributed by atoms with Crippen molar-refractivity contribution in [2.45, 2.75) is 32.2 Å². The van der Waals surface area contributed by atoms with E-state index >= 15 is 0 Å². The summed E-state index contributed by atoms with van der Waals surface area (Å²) in [5, 5.41) is 7.80. The maximum atomic E-state index is 4.46. The van der Waals surface area contributed by atoms with Crippen LogP contribution < -0.4 is 5.32 Å². The molecule has 6 heteroatoms. The molecular formula is C17H25N5S. The number of rotatable bonds is 4. The molecule has 23 heavy (non-hydrogen) atoms. The molecule has 1 aliphatic rings. The van der Waals surface area contributed by atoms with Crippen LogP contribution in [0, 0.1) is 0 Å². The molecule has 0 saturated carbocycles. The summed E-state index contributed by atoms with van der Waals surface area (Å²) in [4.78, 5) is 9.62. The molecule has 5 nitrogen and oxygen atoms in total. The van der Waals surface area contributed by atoms with Crippen molar-refractivity contribution >= 4 is 17.3 Å². The van der Waals surface area contributed by atoms with Crippen molar-refractivity contribution in [2.24, 2.45) is 12.0 Å². The lowest BCUT2D eigenvalue weighted by atomic mass is 10.0. The molecule has 2 aromatic heterocycles. The second-order valence-corrected chi connectivity index (χ2v) is 7.25. The second-order valence-electron chi connectivity index (χ2n) is 6.00. The first-order valence-electron chi connectivity index (χ1n) is 8.21. The van der Waals surface area contributed by atoms with Crippen LogP contribution in [0.1, 0.15) is 34.6 Å². The molecular weight excluding hydrogens is 306 g/mol. The van der Waals surface area contributed by atoms with Gasteiger partial charge in [-0.25, -0.2) is 0 Å². The van der Waals surface area contributed by atoms with Crippen LogP contribution in [-0.4, -0.2) is 40.8 Å². The minimum Gasteiger partial charge on any atom is -0.351 e. The molecule has 124 valence electrons. The molecule has 1 unspecified atom stereocenters. The van der Waals surface area contributed by atoms with E-state index in [1.807, 2.05) is 36.3 Å². The standard InChI is InChI=1S/C17H25N5S/c1-4-15-5-6-16(23-15)10-19-17(18-2)22-8-7-13(12-22)14-9-20-21(3)11-14/h5-6,9,11,13H,4,7-8,10,12H2,1-3H3,(H,18,19). The molecule has 3 heterocycles. The average molecular weight is 331 g/mol. The first-order chi connectivity index (χ1) is 11.2. The third-order valence-electron chi connectivity index (χ3n) is 4.38. The Bertz CT molecular complexity index is 672. The third kappa shape index (κ3) is 3.75. The zero-order chi connectivity index (χ0) is 16.2. The van der Waals surface area contributed by atoms with Crippen molar-refractivity contribution in [3.05, 3.63) is 39.8 Å². The molecule has 0 aliphatic carbocycles. The van der Waals surface area contributed by atoms with Gasteiger partial charge in [-0.15, -0.1) is 11.3 Å². The van der Waals surface area contributed by atoms with Gasteiger partial charge in [0.2, 0.25) is 0 Å². The average Bonchev–Trinajstić information content (AvgIpc) is 3.28.